The molecular formula is C8H14N4. The Morgan fingerprint density at radius 3 is 2.92 bits per heavy atom. The molecule has 66 valence electrons. The molecule has 2 unspecified atom stereocenters. The van der Waals surface area contributed by atoms with Crippen molar-refractivity contribution in [1.82, 2.24) is 14.8 Å². The Morgan fingerprint density at radius 2 is 2.50 bits per heavy atom. The Bertz CT molecular complexity index is 266. The lowest BCUT2D eigenvalue weighted by Gasteiger charge is -2.34. The number of aromatic nitrogens is 3. The van der Waals surface area contributed by atoms with E-state index in [9.17, 15) is 0 Å². The van der Waals surface area contributed by atoms with Crippen molar-refractivity contribution in [3.8, 4) is 0 Å². The van der Waals surface area contributed by atoms with Crippen LogP contribution in [0, 0.1) is 5.92 Å². The molecule has 4 heteroatoms. The zero-order chi connectivity index (χ0) is 8.55. The summed E-state index contributed by atoms with van der Waals surface area (Å²) in [5, 5.41) is 4.05. The van der Waals surface area contributed by atoms with Gasteiger partial charge >= 0.3 is 0 Å². The molecule has 1 aliphatic carbocycles. The zero-order valence-corrected chi connectivity index (χ0v) is 7.27. The molecule has 0 bridgehead atoms. The van der Waals surface area contributed by atoms with Crippen molar-refractivity contribution < 1.29 is 0 Å². The molecule has 1 heterocycles. The van der Waals surface area contributed by atoms with Crippen LogP contribution in [0.3, 0.4) is 0 Å². The van der Waals surface area contributed by atoms with Crippen molar-refractivity contribution >= 4 is 0 Å². The molecule has 2 rings (SSSR count). The highest BCUT2D eigenvalue weighted by atomic mass is 15.3. The van der Waals surface area contributed by atoms with E-state index >= 15 is 0 Å². The van der Waals surface area contributed by atoms with Crippen molar-refractivity contribution in [2.45, 2.75) is 18.8 Å². The van der Waals surface area contributed by atoms with Crippen LogP contribution >= 0.6 is 0 Å². The van der Waals surface area contributed by atoms with Gasteiger partial charge in [0.05, 0.1) is 0 Å². The number of rotatable bonds is 2. The number of hydrogen-bond donors (Lipinski definition) is 1. The van der Waals surface area contributed by atoms with E-state index in [1.54, 1.807) is 6.33 Å². The minimum absolute atomic E-state index is 0.558. The molecular weight excluding hydrogens is 152 g/mol. The predicted molar refractivity (Wildman–Crippen MR) is 45.5 cm³/mol. The van der Waals surface area contributed by atoms with Gasteiger partial charge in [0, 0.05) is 13.0 Å². The number of nitrogens with two attached hydrogens (primary N) is 1. The highest BCUT2D eigenvalue weighted by Crippen LogP contribution is 2.40. The Labute approximate surface area is 71.8 Å². The molecule has 0 aromatic carbocycles. The van der Waals surface area contributed by atoms with Crippen molar-refractivity contribution in [3.05, 3.63) is 12.2 Å². The highest BCUT2D eigenvalue weighted by Gasteiger charge is 2.33. The van der Waals surface area contributed by atoms with Gasteiger partial charge in [-0.3, -0.25) is 4.68 Å². The van der Waals surface area contributed by atoms with Crippen LogP contribution in [0.5, 0.6) is 0 Å². The third-order valence-electron chi connectivity index (χ3n) is 2.80. The van der Waals surface area contributed by atoms with Gasteiger partial charge in [-0.05, 0) is 25.3 Å². The highest BCUT2D eigenvalue weighted by molar-refractivity contribution is 5.04. The van der Waals surface area contributed by atoms with Crippen LogP contribution in [0.1, 0.15) is 24.6 Å². The first-order valence-electron chi connectivity index (χ1n) is 4.37. The first-order valence-corrected chi connectivity index (χ1v) is 4.37. The molecule has 1 saturated carbocycles. The van der Waals surface area contributed by atoms with Crippen LogP contribution in [0.2, 0.25) is 0 Å². The van der Waals surface area contributed by atoms with Gasteiger partial charge in [-0.25, -0.2) is 4.98 Å². The number of nitrogens with zero attached hydrogens (tertiary/aromatic N) is 3. The Hall–Kier alpha value is -0.900. The fraction of sp³-hybridized carbons (Fsp3) is 0.750. The quantitative estimate of drug-likeness (QED) is 0.686. The molecule has 12 heavy (non-hydrogen) atoms. The van der Waals surface area contributed by atoms with E-state index in [-0.39, 0.29) is 0 Å². The topological polar surface area (TPSA) is 56.7 Å². The first-order chi connectivity index (χ1) is 5.83. The lowest BCUT2D eigenvalue weighted by atomic mass is 9.73. The summed E-state index contributed by atoms with van der Waals surface area (Å²) in [4.78, 5) is 4.23. The van der Waals surface area contributed by atoms with Gasteiger partial charge in [-0.2, -0.15) is 5.10 Å². The Kier molecular flexibility index (Phi) is 1.84. The second-order valence-electron chi connectivity index (χ2n) is 3.42. The van der Waals surface area contributed by atoms with E-state index in [1.165, 1.54) is 12.8 Å². The standard InChI is InChI=1S/C8H14N4/c1-12-8(10-5-11-12)7-3-2-6(7)4-9/h5-7H,2-4,9H2,1H3. The third kappa shape index (κ3) is 1.03. The first kappa shape index (κ1) is 7.73. The molecule has 1 aliphatic rings. The zero-order valence-electron chi connectivity index (χ0n) is 7.27. The summed E-state index contributed by atoms with van der Waals surface area (Å²) in [5.41, 5.74) is 5.62. The molecule has 2 atom stereocenters. The van der Waals surface area contributed by atoms with Gasteiger partial charge in [-0.1, -0.05) is 0 Å². The monoisotopic (exact) mass is 166 g/mol. The molecule has 0 amide bonds. The summed E-state index contributed by atoms with van der Waals surface area (Å²) in [6, 6.07) is 0. The van der Waals surface area contributed by atoms with Gasteiger partial charge < -0.3 is 5.73 Å². The van der Waals surface area contributed by atoms with Crippen LogP contribution in [0.4, 0.5) is 0 Å². The second-order valence-corrected chi connectivity index (χ2v) is 3.42. The van der Waals surface area contributed by atoms with Gasteiger partial charge in [0.25, 0.3) is 0 Å². The summed E-state index contributed by atoms with van der Waals surface area (Å²) in [5.74, 6) is 2.28. The van der Waals surface area contributed by atoms with E-state index in [4.69, 9.17) is 5.73 Å². The van der Waals surface area contributed by atoms with Gasteiger partial charge in [0.1, 0.15) is 12.2 Å². The fourth-order valence-electron chi connectivity index (χ4n) is 1.83. The maximum absolute atomic E-state index is 5.62. The molecule has 4 nitrogen and oxygen atoms in total. The van der Waals surface area contributed by atoms with Crippen LogP contribution in [0.15, 0.2) is 6.33 Å². The number of hydrogen-bond acceptors (Lipinski definition) is 3. The van der Waals surface area contributed by atoms with Gasteiger partial charge in [-0.15, -0.1) is 0 Å². The third-order valence-corrected chi connectivity index (χ3v) is 2.80. The average molecular weight is 166 g/mol. The second kappa shape index (κ2) is 2.86. The van der Waals surface area contributed by atoms with E-state index in [0.717, 1.165) is 12.4 Å². The maximum atomic E-state index is 5.62. The van der Waals surface area contributed by atoms with Crippen molar-refractivity contribution in [2.75, 3.05) is 6.54 Å². The lowest BCUT2D eigenvalue weighted by Crippen LogP contribution is -2.32. The van der Waals surface area contributed by atoms with Gasteiger partial charge in [0.15, 0.2) is 0 Å². The fourth-order valence-corrected chi connectivity index (χ4v) is 1.83. The normalized spacial score (nSPS) is 28.5. The van der Waals surface area contributed by atoms with Crippen LogP contribution < -0.4 is 5.73 Å². The molecule has 1 fully saturated rings. The van der Waals surface area contributed by atoms with E-state index in [1.807, 2.05) is 11.7 Å². The lowest BCUT2D eigenvalue weighted by molar-refractivity contribution is 0.247. The summed E-state index contributed by atoms with van der Waals surface area (Å²) < 4.78 is 1.85. The Morgan fingerprint density at radius 1 is 1.67 bits per heavy atom. The largest absolute Gasteiger partial charge is 0.330 e. The van der Waals surface area contributed by atoms with Crippen LogP contribution in [0.25, 0.3) is 0 Å². The SMILES string of the molecule is Cn1ncnc1C1CCC1CN. The van der Waals surface area contributed by atoms with Crippen molar-refractivity contribution in [2.24, 2.45) is 18.7 Å². The molecule has 0 spiro atoms. The maximum Gasteiger partial charge on any atom is 0.138 e. The minimum Gasteiger partial charge on any atom is -0.330 e. The van der Waals surface area contributed by atoms with Crippen LogP contribution in [-0.2, 0) is 7.05 Å². The molecule has 0 saturated heterocycles. The number of aryl methyl sites for hydroxylation is 1. The van der Waals surface area contributed by atoms with E-state index in [2.05, 4.69) is 10.1 Å². The molecule has 1 aromatic heterocycles. The Balaban J connectivity index is 2.15. The summed E-state index contributed by atoms with van der Waals surface area (Å²) in [7, 11) is 1.94. The summed E-state index contributed by atoms with van der Waals surface area (Å²) in [6.07, 6.45) is 4.07. The van der Waals surface area contributed by atoms with Crippen molar-refractivity contribution in [1.29, 1.82) is 0 Å². The van der Waals surface area contributed by atoms with E-state index < -0.39 is 0 Å². The van der Waals surface area contributed by atoms with E-state index in [0.29, 0.717) is 11.8 Å². The molecule has 0 radical (unpaired) electrons. The average Bonchev–Trinajstić information content (AvgIpc) is 2.36. The smallest absolute Gasteiger partial charge is 0.138 e. The molecule has 1 aromatic rings. The molecule has 0 aliphatic heterocycles. The van der Waals surface area contributed by atoms with Crippen molar-refractivity contribution in [3.63, 3.8) is 0 Å². The predicted octanol–water partition coefficient (Wildman–Crippen LogP) is 0.267. The summed E-state index contributed by atoms with van der Waals surface area (Å²) >= 11 is 0. The summed E-state index contributed by atoms with van der Waals surface area (Å²) in [6.45, 7) is 0.775. The van der Waals surface area contributed by atoms with Crippen LogP contribution in [-0.4, -0.2) is 21.3 Å². The molecule has 2 N–H and O–H groups in total. The minimum atomic E-state index is 0.558. The van der Waals surface area contributed by atoms with Gasteiger partial charge in [0.2, 0.25) is 0 Å².